The van der Waals surface area contributed by atoms with Crippen molar-refractivity contribution in [1.29, 1.82) is 0 Å². The second-order valence-electron chi connectivity index (χ2n) is 1.46. The van der Waals surface area contributed by atoms with E-state index >= 15 is 0 Å². The maximum Gasteiger partial charge on any atom is 0.347 e. The summed E-state index contributed by atoms with van der Waals surface area (Å²) in [7, 11) is 0. The summed E-state index contributed by atoms with van der Waals surface area (Å²) >= 11 is 0. The molecule has 0 spiro atoms. The largest absolute Gasteiger partial charge is 0.424 e. The van der Waals surface area contributed by atoms with Gasteiger partial charge in [-0.05, 0) is 0 Å². The molecule has 4 heteroatoms. The second-order valence-corrected chi connectivity index (χ2v) is 1.46. The Bertz CT molecular complexity index is 163. The Kier molecular flexibility index (Phi) is 1.22. The zero-order valence-corrected chi connectivity index (χ0v) is 4.55. The molecule has 1 saturated heterocycles. The van der Waals surface area contributed by atoms with Gasteiger partial charge in [0.1, 0.15) is 5.57 Å². The normalized spacial score (nSPS) is 18.9. The maximum absolute atomic E-state index is 10.4. The van der Waals surface area contributed by atoms with Crippen LogP contribution in [0.25, 0.3) is 0 Å². The maximum atomic E-state index is 10.4. The van der Waals surface area contributed by atoms with E-state index in [0.717, 1.165) is 0 Å². The van der Waals surface area contributed by atoms with Crippen LogP contribution in [0.1, 0.15) is 0 Å². The van der Waals surface area contributed by atoms with Gasteiger partial charge in [-0.3, -0.25) is 0 Å². The monoisotopic (exact) mass is 128 g/mol. The van der Waals surface area contributed by atoms with Crippen molar-refractivity contribution in [1.82, 2.24) is 0 Å². The average Bonchev–Trinajstić information content (AvgIpc) is 1.83. The minimum atomic E-state index is -0.703. The molecule has 48 valence electrons. The third-order valence-corrected chi connectivity index (χ3v) is 0.873. The molecule has 0 aliphatic carbocycles. The van der Waals surface area contributed by atoms with Crippen LogP contribution >= 0.6 is 0 Å². The number of cyclic esters (lactones) is 2. The van der Waals surface area contributed by atoms with Crippen molar-refractivity contribution < 1.29 is 19.1 Å². The number of esters is 2. The Morgan fingerprint density at radius 2 is 1.67 bits per heavy atom. The van der Waals surface area contributed by atoms with E-state index in [9.17, 15) is 9.59 Å². The lowest BCUT2D eigenvalue weighted by molar-refractivity contribution is -0.172. The number of carbonyl (C=O) groups is 2. The summed E-state index contributed by atoms with van der Waals surface area (Å²) in [5.41, 5.74) is -0.249. The fourth-order valence-corrected chi connectivity index (χ4v) is 0.394. The van der Waals surface area contributed by atoms with Crippen LogP contribution in [0, 0.1) is 0 Å². The minimum absolute atomic E-state index is 0.249. The van der Waals surface area contributed by atoms with Crippen LogP contribution in [0.15, 0.2) is 12.2 Å². The molecule has 0 radical (unpaired) electrons. The highest BCUT2D eigenvalue weighted by Gasteiger charge is 2.23. The molecule has 0 aromatic rings. The van der Waals surface area contributed by atoms with Gasteiger partial charge in [0.15, 0.2) is 0 Å². The zero-order valence-electron chi connectivity index (χ0n) is 4.55. The van der Waals surface area contributed by atoms with E-state index in [1.165, 1.54) is 0 Å². The van der Waals surface area contributed by atoms with Crippen LogP contribution in [0.3, 0.4) is 0 Å². The van der Waals surface area contributed by atoms with Crippen LogP contribution in [-0.2, 0) is 19.1 Å². The van der Waals surface area contributed by atoms with E-state index in [0.29, 0.717) is 0 Å². The van der Waals surface area contributed by atoms with Crippen molar-refractivity contribution in [2.75, 3.05) is 6.79 Å². The molecule has 0 atom stereocenters. The van der Waals surface area contributed by atoms with Crippen molar-refractivity contribution >= 4 is 11.9 Å². The smallest absolute Gasteiger partial charge is 0.347 e. The molecule has 1 aliphatic heterocycles. The highest BCUT2D eigenvalue weighted by atomic mass is 16.7. The van der Waals surface area contributed by atoms with Crippen LogP contribution in [0.4, 0.5) is 0 Å². The summed E-state index contributed by atoms with van der Waals surface area (Å²) in [5, 5.41) is 0. The van der Waals surface area contributed by atoms with E-state index in [1.54, 1.807) is 0 Å². The van der Waals surface area contributed by atoms with Gasteiger partial charge in [0.2, 0.25) is 6.79 Å². The molecule has 9 heavy (non-hydrogen) atoms. The first-order valence-electron chi connectivity index (χ1n) is 2.25. The SMILES string of the molecule is C=C1C(=O)OCOC1=O. The molecule has 0 aromatic carbocycles. The lowest BCUT2D eigenvalue weighted by Gasteiger charge is -2.11. The zero-order chi connectivity index (χ0) is 6.85. The first-order chi connectivity index (χ1) is 4.22. The van der Waals surface area contributed by atoms with Crippen molar-refractivity contribution in [2.45, 2.75) is 0 Å². The summed E-state index contributed by atoms with van der Waals surface area (Å²) in [5.74, 6) is -1.41. The van der Waals surface area contributed by atoms with Crippen LogP contribution in [0.2, 0.25) is 0 Å². The first-order valence-corrected chi connectivity index (χ1v) is 2.25. The average molecular weight is 128 g/mol. The molecule has 0 N–H and O–H groups in total. The van der Waals surface area contributed by atoms with Gasteiger partial charge in [-0.2, -0.15) is 0 Å². The third kappa shape index (κ3) is 0.910. The van der Waals surface area contributed by atoms with Crippen molar-refractivity contribution in [3.05, 3.63) is 12.2 Å². The lowest BCUT2D eigenvalue weighted by Crippen LogP contribution is -2.25. The highest BCUT2D eigenvalue weighted by molar-refractivity contribution is 6.14. The molecule has 1 rings (SSSR count). The summed E-state index contributed by atoms with van der Waals surface area (Å²) in [6, 6.07) is 0. The quantitative estimate of drug-likeness (QED) is 0.253. The topological polar surface area (TPSA) is 52.6 Å². The van der Waals surface area contributed by atoms with E-state index in [1.807, 2.05) is 0 Å². The van der Waals surface area contributed by atoms with Gasteiger partial charge in [-0.15, -0.1) is 0 Å². The second kappa shape index (κ2) is 1.89. The fraction of sp³-hybridized carbons (Fsp3) is 0.200. The molecule has 4 nitrogen and oxygen atoms in total. The van der Waals surface area contributed by atoms with Gasteiger partial charge in [0, 0.05) is 0 Å². The Hall–Kier alpha value is -1.32. The van der Waals surface area contributed by atoms with Crippen molar-refractivity contribution in [3.8, 4) is 0 Å². The summed E-state index contributed by atoms with van der Waals surface area (Å²) < 4.78 is 8.56. The number of ether oxygens (including phenoxy) is 2. The van der Waals surface area contributed by atoms with Gasteiger partial charge in [-0.1, -0.05) is 6.58 Å². The Morgan fingerprint density at radius 1 is 1.22 bits per heavy atom. The predicted molar refractivity (Wildman–Crippen MR) is 26.2 cm³/mol. The van der Waals surface area contributed by atoms with Gasteiger partial charge in [0.25, 0.3) is 0 Å². The van der Waals surface area contributed by atoms with Crippen LogP contribution in [0.5, 0.6) is 0 Å². The van der Waals surface area contributed by atoms with Gasteiger partial charge < -0.3 is 9.47 Å². The first kappa shape index (κ1) is 5.81. The summed E-state index contributed by atoms with van der Waals surface area (Å²) in [4.78, 5) is 20.8. The van der Waals surface area contributed by atoms with E-state index < -0.39 is 11.9 Å². The highest BCUT2D eigenvalue weighted by Crippen LogP contribution is 2.03. The molecule has 0 bridgehead atoms. The molecule has 1 heterocycles. The molecule has 1 aliphatic rings. The molecule has 0 amide bonds. The number of rotatable bonds is 0. The van der Waals surface area contributed by atoms with Crippen LogP contribution in [-0.4, -0.2) is 18.7 Å². The molecule has 0 unspecified atom stereocenters. The van der Waals surface area contributed by atoms with Gasteiger partial charge in [0.05, 0.1) is 0 Å². The van der Waals surface area contributed by atoms with Gasteiger partial charge in [-0.25, -0.2) is 9.59 Å². The number of hydrogen-bond donors (Lipinski definition) is 0. The van der Waals surface area contributed by atoms with E-state index in [-0.39, 0.29) is 12.4 Å². The minimum Gasteiger partial charge on any atom is -0.424 e. The Balaban J connectivity index is 2.74. The summed E-state index contributed by atoms with van der Waals surface area (Å²) in [6.07, 6.45) is 0. The molecule has 1 fully saturated rings. The predicted octanol–water partition coefficient (Wildman–Crippen LogP) is -0.400. The molecule has 0 aromatic heterocycles. The van der Waals surface area contributed by atoms with E-state index in [4.69, 9.17) is 0 Å². The molecule has 0 saturated carbocycles. The number of carbonyl (C=O) groups excluding carboxylic acids is 2. The Morgan fingerprint density at radius 3 is 2.00 bits per heavy atom. The Labute approximate surface area is 51.1 Å². The number of hydrogen-bond acceptors (Lipinski definition) is 4. The summed E-state index contributed by atoms with van der Waals surface area (Å²) in [6.45, 7) is 2.83. The standard InChI is InChI=1S/C5H4O4/c1-3-4(6)8-2-9-5(3)7/h1-2H2. The molecular formula is C5H4O4. The fourth-order valence-electron chi connectivity index (χ4n) is 0.394. The third-order valence-electron chi connectivity index (χ3n) is 0.873. The molecular weight excluding hydrogens is 124 g/mol. The van der Waals surface area contributed by atoms with Crippen molar-refractivity contribution in [2.24, 2.45) is 0 Å². The van der Waals surface area contributed by atoms with Crippen LogP contribution < -0.4 is 0 Å². The van der Waals surface area contributed by atoms with Gasteiger partial charge >= 0.3 is 11.9 Å². The lowest BCUT2D eigenvalue weighted by atomic mass is 10.3. The van der Waals surface area contributed by atoms with Crippen molar-refractivity contribution in [3.63, 3.8) is 0 Å². The van der Waals surface area contributed by atoms with E-state index in [2.05, 4.69) is 16.1 Å².